The van der Waals surface area contributed by atoms with Gasteiger partial charge in [0.05, 0.1) is 24.0 Å². The highest BCUT2D eigenvalue weighted by atomic mass is 16.4. The summed E-state index contributed by atoms with van der Waals surface area (Å²) in [5.41, 5.74) is 0. The summed E-state index contributed by atoms with van der Waals surface area (Å²) < 4.78 is 0. The number of carbonyl (C=O) groups excluding carboxylic acids is 4. The molecule has 0 saturated heterocycles. The SMILES string of the molecule is C[C@@H](NC(=O)NCCNC(=O)N[C@H](C)C(=O)[O-])C(=O)[O-]. The van der Waals surface area contributed by atoms with Crippen LogP contribution in [0.2, 0.25) is 0 Å². The third-order valence-corrected chi connectivity index (χ3v) is 2.10. The van der Waals surface area contributed by atoms with Gasteiger partial charge in [-0.1, -0.05) is 0 Å². The van der Waals surface area contributed by atoms with Crippen molar-refractivity contribution in [3.8, 4) is 0 Å². The molecule has 0 rings (SSSR count). The van der Waals surface area contributed by atoms with Gasteiger partial charge in [-0.15, -0.1) is 0 Å². The molecule has 4 N–H and O–H groups in total. The fourth-order valence-corrected chi connectivity index (χ4v) is 0.965. The Morgan fingerprint density at radius 2 is 1.10 bits per heavy atom. The van der Waals surface area contributed by atoms with Crippen LogP contribution in [0.15, 0.2) is 0 Å². The zero-order valence-corrected chi connectivity index (χ0v) is 11.0. The summed E-state index contributed by atoms with van der Waals surface area (Å²) in [5.74, 6) is -2.84. The number of carboxylic acids is 2. The Bertz CT molecular complexity index is 350. The van der Waals surface area contributed by atoms with Crippen molar-refractivity contribution in [2.24, 2.45) is 0 Å². The Kier molecular flexibility index (Phi) is 7.48. The number of rotatable bonds is 7. The molecule has 0 aromatic rings. The Labute approximate surface area is 114 Å². The van der Waals surface area contributed by atoms with Crippen LogP contribution in [0.5, 0.6) is 0 Å². The predicted molar refractivity (Wildman–Crippen MR) is 62.0 cm³/mol. The quantitative estimate of drug-likeness (QED) is 0.347. The van der Waals surface area contributed by atoms with Crippen molar-refractivity contribution in [2.75, 3.05) is 13.1 Å². The summed E-state index contributed by atoms with van der Waals surface area (Å²) in [7, 11) is 0. The number of nitrogens with one attached hydrogen (secondary N) is 4. The first-order valence-corrected chi connectivity index (χ1v) is 5.74. The van der Waals surface area contributed by atoms with Crippen molar-refractivity contribution in [3.63, 3.8) is 0 Å². The lowest BCUT2D eigenvalue weighted by Crippen LogP contribution is -2.52. The zero-order valence-electron chi connectivity index (χ0n) is 11.0. The molecule has 0 spiro atoms. The fraction of sp³-hybridized carbons (Fsp3) is 0.600. The molecular formula is C10H16N4O6-2. The molecule has 20 heavy (non-hydrogen) atoms. The molecule has 0 aliphatic rings. The fourth-order valence-electron chi connectivity index (χ4n) is 0.965. The highest BCUT2D eigenvalue weighted by Gasteiger charge is 2.08. The molecule has 10 nitrogen and oxygen atoms in total. The second kappa shape index (κ2) is 8.56. The van der Waals surface area contributed by atoms with Crippen LogP contribution >= 0.6 is 0 Å². The van der Waals surface area contributed by atoms with E-state index in [-0.39, 0.29) is 13.1 Å². The number of hydrogen-bond acceptors (Lipinski definition) is 6. The van der Waals surface area contributed by atoms with Crippen LogP contribution in [0.3, 0.4) is 0 Å². The Morgan fingerprint density at radius 1 is 0.800 bits per heavy atom. The third kappa shape index (κ3) is 7.74. The van der Waals surface area contributed by atoms with Crippen LogP contribution in [0.1, 0.15) is 13.8 Å². The summed E-state index contributed by atoms with van der Waals surface area (Å²) in [6.45, 7) is 2.53. The van der Waals surface area contributed by atoms with Gasteiger partial charge in [0.15, 0.2) is 0 Å². The lowest BCUT2D eigenvalue weighted by molar-refractivity contribution is -0.308. The highest BCUT2D eigenvalue weighted by Crippen LogP contribution is 1.79. The molecule has 4 amide bonds. The average Bonchev–Trinajstić information content (AvgIpc) is 2.34. The first kappa shape index (κ1) is 17.5. The van der Waals surface area contributed by atoms with Gasteiger partial charge >= 0.3 is 12.1 Å². The minimum absolute atomic E-state index is 0.0265. The number of carbonyl (C=O) groups is 4. The van der Waals surface area contributed by atoms with E-state index in [1.807, 2.05) is 0 Å². The van der Waals surface area contributed by atoms with E-state index < -0.39 is 36.1 Å². The predicted octanol–water partition coefficient (Wildman–Crippen LogP) is -4.14. The highest BCUT2D eigenvalue weighted by molar-refractivity contribution is 5.82. The number of aliphatic carboxylic acids is 2. The summed E-state index contributed by atoms with van der Waals surface area (Å²) >= 11 is 0. The smallest absolute Gasteiger partial charge is 0.315 e. The molecule has 0 aromatic carbocycles. The van der Waals surface area contributed by atoms with Crippen LogP contribution in [-0.4, -0.2) is 49.2 Å². The van der Waals surface area contributed by atoms with Gasteiger partial charge in [-0.2, -0.15) is 0 Å². The maximum Gasteiger partial charge on any atom is 0.315 e. The lowest BCUT2D eigenvalue weighted by Gasteiger charge is -2.16. The normalized spacial score (nSPS) is 12.7. The summed E-state index contributed by atoms with van der Waals surface area (Å²) in [6, 6.07) is -3.75. The monoisotopic (exact) mass is 288 g/mol. The van der Waals surface area contributed by atoms with Gasteiger partial charge in [-0.25, -0.2) is 9.59 Å². The maximum absolute atomic E-state index is 11.1. The summed E-state index contributed by atoms with van der Waals surface area (Å²) in [4.78, 5) is 43.0. The van der Waals surface area contributed by atoms with Crippen LogP contribution < -0.4 is 31.5 Å². The van der Waals surface area contributed by atoms with Gasteiger partial charge < -0.3 is 41.1 Å². The Balaban J connectivity index is 3.76. The molecular weight excluding hydrogens is 272 g/mol. The van der Waals surface area contributed by atoms with Gasteiger partial charge in [-0.3, -0.25) is 0 Å². The van der Waals surface area contributed by atoms with Crippen molar-refractivity contribution in [1.82, 2.24) is 21.3 Å². The molecule has 0 aliphatic carbocycles. The summed E-state index contributed by atoms with van der Waals surface area (Å²) in [5, 5.41) is 29.4. The van der Waals surface area contributed by atoms with Crippen molar-refractivity contribution < 1.29 is 29.4 Å². The maximum atomic E-state index is 11.1. The first-order valence-electron chi connectivity index (χ1n) is 5.74. The van der Waals surface area contributed by atoms with Crippen LogP contribution in [0.4, 0.5) is 9.59 Å². The number of urea groups is 2. The van der Waals surface area contributed by atoms with E-state index in [1.165, 1.54) is 13.8 Å². The van der Waals surface area contributed by atoms with Crippen molar-refractivity contribution in [3.05, 3.63) is 0 Å². The molecule has 0 saturated carbocycles. The van der Waals surface area contributed by atoms with Gasteiger partial charge in [0.25, 0.3) is 0 Å². The van der Waals surface area contributed by atoms with E-state index in [4.69, 9.17) is 0 Å². The van der Waals surface area contributed by atoms with Crippen molar-refractivity contribution >= 4 is 24.0 Å². The van der Waals surface area contributed by atoms with E-state index in [0.717, 1.165) is 0 Å². The molecule has 114 valence electrons. The number of carboxylic acid groups (broad SMARTS) is 2. The molecule has 0 unspecified atom stereocenters. The molecule has 0 aliphatic heterocycles. The molecule has 10 heteroatoms. The van der Waals surface area contributed by atoms with Crippen molar-refractivity contribution in [1.29, 1.82) is 0 Å². The van der Waals surface area contributed by atoms with E-state index >= 15 is 0 Å². The Hall–Kier alpha value is -2.52. The third-order valence-electron chi connectivity index (χ3n) is 2.10. The molecule has 0 radical (unpaired) electrons. The van der Waals surface area contributed by atoms with E-state index in [2.05, 4.69) is 21.3 Å². The van der Waals surface area contributed by atoms with Gasteiger partial charge in [0.2, 0.25) is 0 Å². The average molecular weight is 288 g/mol. The molecule has 0 fully saturated rings. The topological polar surface area (TPSA) is 163 Å². The second-order valence-electron chi connectivity index (χ2n) is 3.88. The van der Waals surface area contributed by atoms with Crippen LogP contribution in [-0.2, 0) is 9.59 Å². The lowest BCUT2D eigenvalue weighted by atomic mass is 10.3. The molecule has 0 bridgehead atoms. The second-order valence-corrected chi connectivity index (χ2v) is 3.88. The minimum atomic E-state index is -1.42. The molecule has 0 heterocycles. The van der Waals surface area contributed by atoms with E-state index in [0.29, 0.717) is 0 Å². The number of amides is 4. The zero-order chi connectivity index (χ0) is 15.7. The van der Waals surface area contributed by atoms with Gasteiger partial charge in [0, 0.05) is 13.1 Å². The van der Waals surface area contributed by atoms with E-state index in [9.17, 15) is 29.4 Å². The van der Waals surface area contributed by atoms with E-state index in [1.54, 1.807) is 0 Å². The standard InChI is InChI=1S/C10H18N4O6/c1-5(7(15)16)13-9(19)11-3-4-12-10(20)14-6(2)8(17)18/h5-6H,3-4H2,1-2H3,(H,15,16)(H,17,18)(H2,11,13,19)(H2,12,14,20)/p-2/t5-,6-/m1/s1. The molecule has 2 atom stereocenters. The first-order chi connectivity index (χ1) is 9.23. The van der Waals surface area contributed by atoms with Gasteiger partial charge in [-0.05, 0) is 13.8 Å². The molecule has 0 aromatic heterocycles. The van der Waals surface area contributed by atoms with Crippen LogP contribution in [0, 0.1) is 0 Å². The van der Waals surface area contributed by atoms with Crippen LogP contribution in [0.25, 0.3) is 0 Å². The minimum Gasteiger partial charge on any atom is -0.548 e. The Morgan fingerprint density at radius 3 is 1.35 bits per heavy atom. The van der Waals surface area contributed by atoms with Gasteiger partial charge in [0.1, 0.15) is 0 Å². The number of hydrogen-bond donors (Lipinski definition) is 4. The largest absolute Gasteiger partial charge is 0.548 e. The summed E-state index contributed by atoms with van der Waals surface area (Å²) in [6.07, 6.45) is 0. The van der Waals surface area contributed by atoms with Crippen molar-refractivity contribution in [2.45, 2.75) is 25.9 Å².